The molecule has 1 rings (SSSR count). The lowest BCUT2D eigenvalue weighted by Crippen LogP contribution is -1.93. The van der Waals surface area contributed by atoms with Gasteiger partial charge in [-0.25, -0.2) is 4.39 Å². The van der Waals surface area contributed by atoms with Gasteiger partial charge in [0.2, 0.25) is 0 Å². The number of aliphatic hydroxyl groups excluding tert-OH is 1. The third-order valence-corrected chi connectivity index (χ3v) is 2.02. The molecule has 2 nitrogen and oxygen atoms in total. The largest absolute Gasteiger partial charge is 0.374 e. The molecule has 0 saturated heterocycles. The number of hydrogen-bond acceptors (Lipinski definition) is 2. The summed E-state index contributed by atoms with van der Waals surface area (Å²) in [4.78, 5) is 0. The van der Waals surface area contributed by atoms with Gasteiger partial charge < -0.3 is 5.11 Å². The van der Waals surface area contributed by atoms with Crippen LogP contribution in [0.15, 0.2) is 22.7 Å². The molecule has 1 aromatic carbocycles. The Morgan fingerprint density at radius 2 is 2.25 bits per heavy atom. The minimum absolute atomic E-state index is 0.262. The van der Waals surface area contributed by atoms with Crippen LogP contribution in [0.1, 0.15) is 11.7 Å². The number of aliphatic hydroxyl groups is 1. The van der Waals surface area contributed by atoms with Crippen LogP contribution in [0.25, 0.3) is 0 Å². The van der Waals surface area contributed by atoms with Crippen LogP contribution in [0, 0.1) is 17.1 Å². The van der Waals surface area contributed by atoms with Crippen LogP contribution in [0.4, 0.5) is 4.39 Å². The normalized spacial score (nSPS) is 12.2. The first-order valence-electron chi connectivity index (χ1n) is 3.18. The molecule has 62 valence electrons. The van der Waals surface area contributed by atoms with E-state index in [1.165, 1.54) is 12.1 Å². The molecule has 0 heterocycles. The number of hydrogen-bond donors (Lipinski definition) is 1. The first-order valence-corrected chi connectivity index (χ1v) is 3.97. The van der Waals surface area contributed by atoms with Gasteiger partial charge in [0.15, 0.2) is 6.10 Å². The van der Waals surface area contributed by atoms with E-state index in [-0.39, 0.29) is 5.56 Å². The predicted molar refractivity (Wildman–Crippen MR) is 44.7 cm³/mol. The molecule has 0 aliphatic carbocycles. The summed E-state index contributed by atoms with van der Waals surface area (Å²) >= 11 is 2.96. The van der Waals surface area contributed by atoms with Crippen LogP contribution >= 0.6 is 15.9 Å². The minimum Gasteiger partial charge on any atom is -0.374 e. The first-order chi connectivity index (χ1) is 5.65. The van der Waals surface area contributed by atoms with Gasteiger partial charge in [-0.2, -0.15) is 5.26 Å². The van der Waals surface area contributed by atoms with E-state index in [1.807, 2.05) is 0 Å². The lowest BCUT2D eigenvalue weighted by atomic mass is 10.1. The summed E-state index contributed by atoms with van der Waals surface area (Å²) in [6, 6.07) is 5.66. The third-order valence-electron chi connectivity index (χ3n) is 1.38. The monoisotopic (exact) mass is 229 g/mol. The maximum Gasteiger partial charge on any atom is 0.166 e. The Kier molecular flexibility index (Phi) is 2.79. The van der Waals surface area contributed by atoms with Gasteiger partial charge in [-0.3, -0.25) is 0 Å². The highest BCUT2D eigenvalue weighted by atomic mass is 79.9. The van der Waals surface area contributed by atoms with Gasteiger partial charge in [0, 0.05) is 0 Å². The van der Waals surface area contributed by atoms with Crippen molar-refractivity contribution >= 4 is 15.9 Å². The predicted octanol–water partition coefficient (Wildman–Crippen LogP) is 2.15. The second-order valence-corrected chi connectivity index (χ2v) is 3.06. The smallest absolute Gasteiger partial charge is 0.166 e. The number of nitriles is 1. The van der Waals surface area contributed by atoms with E-state index < -0.39 is 11.9 Å². The molecule has 12 heavy (non-hydrogen) atoms. The number of benzene rings is 1. The van der Waals surface area contributed by atoms with Crippen molar-refractivity contribution in [3.63, 3.8) is 0 Å². The average molecular weight is 230 g/mol. The van der Waals surface area contributed by atoms with Crippen LogP contribution in [0.2, 0.25) is 0 Å². The Hall–Kier alpha value is -0.920. The van der Waals surface area contributed by atoms with Crippen LogP contribution in [-0.4, -0.2) is 5.11 Å². The SMILES string of the molecule is N#CC(O)c1ccc(Br)c(F)c1. The Bertz CT molecular complexity index is 334. The highest BCUT2D eigenvalue weighted by Gasteiger charge is 2.07. The summed E-state index contributed by atoms with van der Waals surface area (Å²) < 4.78 is 13.1. The molecular weight excluding hydrogens is 225 g/mol. The second-order valence-electron chi connectivity index (χ2n) is 2.21. The molecule has 1 aromatic rings. The number of rotatable bonds is 1. The fourth-order valence-corrected chi connectivity index (χ4v) is 1.00. The topological polar surface area (TPSA) is 44.0 Å². The van der Waals surface area contributed by atoms with Gasteiger partial charge in [0.25, 0.3) is 0 Å². The average Bonchev–Trinajstić information content (AvgIpc) is 2.08. The summed E-state index contributed by atoms with van der Waals surface area (Å²) in [5.41, 5.74) is 0.262. The lowest BCUT2D eigenvalue weighted by molar-refractivity contribution is 0.235. The molecule has 0 radical (unpaired) electrons. The van der Waals surface area contributed by atoms with Crippen molar-refractivity contribution in [2.24, 2.45) is 0 Å². The molecule has 4 heteroatoms. The molecule has 0 aliphatic rings. The third kappa shape index (κ3) is 1.81. The van der Waals surface area contributed by atoms with Crippen LogP contribution in [0.5, 0.6) is 0 Å². The summed E-state index contributed by atoms with van der Waals surface area (Å²) in [5, 5.41) is 17.3. The molecule has 0 aliphatic heterocycles. The molecule has 0 saturated carbocycles. The van der Waals surface area contributed by atoms with E-state index in [0.29, 0.717) is 4.47 Å². The van der Waals surface area contributed by atoms with Crippen LogP contribution < -0.4 is 0 Å². The molecule has 0 spiro atoms. The maximum absolute atomic E-state index is 12.8. The summed E-state index contributed by atoms with van der Waals surface area (Å²) in [6.07, 6.45) is -1.26. The van der Waals surface area contributed by atoms with Crippen molar-refractivity contribution in [1.29, 1.82) is 5.26 Å². The Morgan fingerprint density at radius 3 is 2.75 bits per heavy atom. The molecule has 0 aromatic heterocycles. The van der Waals surface area contributed by atoms with Gasteiger partial charge in [0.1, 0.15) is 5.82 Å². The highest BCUT2D eigenvalue weighted by Crippen LogP contribution is 2.19. The summed E-state index contributed by atoms with van der Waals surface area (Å²) in [6.45, 7) is 0. The van der Waals surface area contributed by atoms with Gasteiger partial charge >= 0.3 is 0 Å². The molecule has 1 unspecified atom stereocenters. The first kappa shape index (κ1) is 9.17. The van der Waals surface area contributed by atoms with Crippen molar-refractivity contribution in [2.75, 3.05) is 0 Å². The van der Waals surface area contributed by atoms with Crippen LogP contribution in [0.3, 0.4) is 0 Å². The van der Waals surface area contributed by atoms with Crippen molar-refractivity contribution < 1.29 is 9.50 Å². The van der Waals surface area contributed by atoms with E-state index in [0.717, 1.165) is 6.07 Å². The molecule has 0 fully saturated rings. The van der Waals surface area contributed by atoms with Crippen molar-refractivity contribution in [2.45, 2.75) is 6.10 Å². The lowest BCUT2D eigenvalue weighted by Gasteiger charge is -2.02. The zero-order valence-electron chi connectivity index (χ0n) is 5.96. The molecule has 0 bridgehead atoms. The summed E-state index contributed by atoms with van der Waals surface area (Å²) in [5.74, 6) is -0.484. The maximum atomic E-state index is 12.8. The van der Waals surface area contributed by atoms with Gasteiger partial charge in [0.05, 0.1) is 10.5 Å². The Morgan fingerprint density at radius 1 is 1.58 bits per heavy atom. The Balaban J connectivity index is 3.06. The summed E-state index contributed by atoms with van der Waals surface area (Å²) in [7, 11) is 0. The standard InChI is InChI=1S/C8H5BrFNO/c9-6-2-1-5(3-7(6)10)8(12)4-11/h1-3,8,12H. The van der Waals surface area contributed by atoms with Gasteiger partial charge in [-0.15, -0.1) is 0 Å². The second kappa shape index (κ2) is 3.65. The molecule has 1 N–H and O–H groups in total. The van der Waals surface area contributed by atoms with E-state index in [9.17, 15) is 4.39 Å². The zero-order valence-corrected chi connectivity index (χ0v) is 7.55. The van der Waals surface area contributed by atoms with Crippen LogP contribution in [-0.2, 0) is 0 Å². The number of halogens is 2. The highest BCUT2D eigenvalue weighted by molar-refractivity contribution is 9.10. The van der Waals surface area contributed by atoms with Gasteiger partial charge in [-0.1, -0.05) is 6.07 Å². The van der Waals surface area contributed by atoms with E-state index in [1.54, 1.807) is 6.07 Å². The van der Waals surface area contributed by atoms with Crippen molar-refractivity contribution in [1.82, 2.24) is 0 Å². The van der Waals surface area contributed by atoms with Gasteiger partial charge in [-0.05, 0) is 33.6 Å². The quantitative estimate of drug-likeness (QED) is 0.751. The molecule has 1 atom stereocenters. The molecular formula is C8H5BrFNO. The van der Waals surface area contributed by atoms with Crippen molar-refractivity contribution in [3.05, 3.63) is 34.1 Å². The van der Waals surface area contributed by atoms with E-state index in [2.05, 4.69) is 15.9 Å². The Labute approximate surface area is 77.4 Å². The zero-order chi connectivity index (χ0) is 9.14. The fraction of sp³-hybridized carbons (Fsp3) is 0.125. The molecule has 0 amide bonds. The fourth-order valence-electron chi connectivity index (χ4n) is 0.757. The number of nitrogens with zero attached hydrogens (tertiary/aromatic N) is 1. The van der Waals surface area contributed by atoms with E-state index >= 15 is 0 Å². The minimum atomic E-state index is -1.26. The van der Waals surface area contributed by atoms with E-state index in [4.69, 9.17) is 10.4 Å². The van der Waals surface area contributed by atoms with Crippen molar-refractivity contribution in [3.8, 4) is 6.07 Å².